The average molecular weight is 133 g/mol. The van der Waals surface area contributed by atoms with Crippen LogP contribution in [-0.2, 0) is 4.79 Å². The van der Waals surface area contributed by atoms with Gasteiger partial charge in [-0.25, -0.2) is 0 Å². The highest BCUT2D eigenvalue weighted by molar-refractivity contribution is 5.66. The lowest BCUT2D eigenvalue weighted by molar-refractivity contribution is -0.137. The van der Waals surface area contributed by atoms with Crippen molar-refractivity contribution < 1.29 is 15.0 Å². The number of aliphatic carboxylic acids is 1. The molecule has 0 aromatic heterocycles. The van der Waals surface area contributed by atoms with Crippen molar-refractivity contribution in [2.24, 2.45) is 5.73 Å². The topological polar surface area (TPSA) is 83.5 Å². The smallest absolute Gasteiger partial charge is 0.303 e. The zero-order valence-electron chi connectivity index (χ0n) is 5.08. The highest BCUT2D eigenvalue weighted by Gasteiger charge is 2.02. The second-order valence-corrected chi connectivity index (χ2v) is 1.88. The predicted molar refractivity (Wildman–Crippen MR) is 31.9 cm³/mol. The summed E-state index contributed by atoms with van der Waals surface area (Å²) in [5.41, 5.74) is 5.21. The number of aliphatic hydroxyl groups excluding tert-OH is 1. The highest BCUT2D eigenvalue weighted by Crippen LogP contribution is 1.91. The number of nitrogens with two attached hydrogens (primary N) is 1. The molecule has 0 rings (SSSR count). The summed E-state index contributed by atoms with van der Waals surface area (Å²) in [7, 11) is 0. The van der Waals surface area contributed by atoms with Crippen LogP contribution in [0, 0.1) is 0 Å². The molecular weight excluding hydrogens is 122 g/mol. The maximum absolute atomic E-state index is 9.88. The van der Waals surface area contributed by atoms with Gasteiger partial charge in [-0.2, -0.15) is 0 Å². The van der Waals surface area contributed by atoms with E-state index in [0.717, 1.165) is 0 Å². The number of rotatable bonds is 4. The Morgan fingerprint density at radius 1 is 1.67 bits per heavy atom. The lowest BCUT2D eigenvalue weighted by Gasteiger charge is -2.03. The Hall–Kier alpha value is -0.610. The Balaban J connectivity index is 3.16. The van der Waals surface area contributed by atoms with Crippen LogP contribution in [0.3, 0.4) is 0 Å². The van der Waals surface area contributed by atoms with Gasteiger partial charge in [0.2, 0.25) is 0 Å². The van der Waals surface area contributed by atoms with Crippen LogP contribution in [0.5, 0.6) is 0 Å². The zero-order chi connectivity index (χ0) is 7.28. The first kappa shape index (κ1) is 8.39. The molecule has 0 bridgehead atoms. The zero-order valence-corrected chi connectivity index (χ0v) is 5.08. The number of carbonyl (C=O) groups is 1. The van der Waals surface area contributed by atoms with Gasteiger partial charge >= 0.3 is 5.97 Å². The van der Waals surface area contributed by atoms with Gasteiger partial charge in [0.05, 0.1) is 6.61 Å². The Kier molecular flexibility index (Phi) is 4.00. The van der Waals surface area contributed by atoms with Crippen LogP contribution in [0.25, 0.3) is 0 Å². The first-order valence-corrected chi connectivity index (χ1v) is 2.75. The minimum absolute atomic E-state index is 0.0295. The molecule has 0 unspecified atom stereocenters. The molecule has 0 saturated heterocycles. The van der Waals surface area contributed by atoms with Crippen molar-refractivity contribution in [2.75, 3.05) is 6.61 Å². The quantitative estimate of drug-likeness (QED) is 0.467. The van der Waals surface area contributed by atoms with E-state index in [1.807, 2.05) is 0 Å². The van der Waals surface area contributed by atoms with Crippen LogP contribution in [0.4, 0.5) is 0 Å². The maximum atomic E-state index is 9.88. The van der Waals surface area contributed by atoms with E-state index in [1.165, 1.54) is 0 Å². The number of carboxylic acid groups (broad SMARTS) is 1. The third-order valence-corrected chi connectivity index (χ3v) is 0.964. The monoisotopic (exact) mass is 133 g/mol. The molecule has 0 aromatic rings. The molecule has 0 heterocycles. The molecule has 4 N–H and O–H groups in total. The van der Waals surface area contributed by atoms with Crippen LogP contribution >= 0.6 is 0 Å². The van der Waals surface area contributed by atoms with Crippen LogP contribution in [0.2, 0.25) is 0 Å². The number of hydrogen-bond donors (Lipinski definition) is 3. The van der Waals surface area contributed by atoms with Crippen molar-refractivity contribution in [1.82, 2.24) is 0 Å². The van der Waals surface area contributed by atoms with Gasteiger partial charge in [0.25, 0.3) is 0 Å². The summed E-state index contributed by atoms with van der Waals surface area (Å²) in [4.78, 5) is 9.88. The molecule has 4 nitrogen and oxygen atoms in total. The molecular formula is C5H11NO3. The van der Waals surface area contributed by atoms with Crippen LogP contribution < -0.4 is 5.73 Å². The van der Waals surface area contributed by atoms with Gasteiger partial charge in [0, 0.05) is 12.5 Å². The van der Waals surface area contributed by atoms with Gasteiger partial charge in [-0.05, 0) is 6.42 Å². The summed E-state index contributed by atoms with van der Waals surface area (Å²) in [5, 5.41) is 16.5. The van der Waals surface area contributed by atoms with Crippen molar-refractivity contribution >= 4 is 5.97 Å². The van der Waals surface area contributed by atoms with Crippen LogP contribution in [0.15, 0.2) is 0 Å². The van der Waals surface area contributed by atoms with Crippen molar-refractivity contribution in [3.63, 3.8) is 0 Å². The van der Waals surface area contributed by atoms with Crippen molar-refractivity contribution in [2.45, 2.75) is 18.9 Å². The van der Waals surface area contributed by atoms with E-state index in [9.17, 15) is 4.79 Å². The minimum atomic E-state index is -0.876. The fourth-order valence-electron chi connectivity index (χ4n) is 0.400. The molecule has 0 aliphatic rings. The largest absolute Gasteiger partial charge is 0.481 e. The molecule has 9 heavy (non-hydrogen) atoms. The van der Waals surface area contributed by atoms with Gasteiger partial charge in [0.1, 0.15) is 0 Å². The third-order valence-electron chi connectivity index (χ3n) is 0.964. The highest BCUT2D eigenvalue weighted by atomic mass is 16.4. The van der Waals surface area contributed by atoms with E-state index in [2.05, 4.69) is 0 Å². The third kappa shape index (κ3) is 5.26. The molecule has 0 saturated carbocycles. The molecule has 0 aromatic carbocycles. The van der Waals surface area contributed by atoms with Crippen molar-refractivity contribution in [1.29, 1.82) is 0 Å². The predicted octanol–water partition coefficient (Wildman–Crippen LogP) is -0.829. The molecule has 0 fully saturated rings. The van der Waals surface area contributed by atoms with E-state index in [4.69, 9.17) is 15.9 Å². The number of hydrogen-bond acceptors (Lipinski definition) is 3. The lowest BCUT2D eigenvalue weighted by Crippen LogP contribution is -2.24. The van der Waals surface area contributed by atoms with E-state index < -0.39 is 5.97 Å². The van der Waals surface area contributed by atoms with Gasteiger partial charge in [-0.1, -0.05) is 0 Å². The second-order valence-electron chi connectivity index (χ2n) is 1.88. The molecule has 54 valence electrons. The van der Waals surface area contributed by atoms with Crippen molar-refractivity contribution in [3.05, 3.63) is 0 Å². The molecule has 0 amide bonds. The fraction of sp³-hybridized carbons (Fsp3) is 0.800. The van der Waals surface area contributed by atoms with Gasteiger partial charge in [-0.3, -0.25) is 4.79 Å². The Bertz CT molecular complexity index is 94.2. The number of carboxylic acids is 1. The first-order valence-electron chi connectivity index (χ1n) is 2.75. The van der Waals surface area contributed by atoms with Gasteiger partial charge in [0.15, 0.2) is 0 Å². The first-order chi connectivity index (χ1) is 4.16. The SMILES string of the molecule is N[C@@H](CO)CCC(=O)O. The summed E-state index contributed by atoms with van der Waals surface area (Å²) < 4.78 is 0. The average Bonchev–Trinajstić information content (AvgIpc) is 1.83. The van der Waals surface area contributed by atoms with E-state index in [0.29, 0.717) is 6.42 Å². The van der Waals surface area contributed by atoms with Crippen LogP contribution in [-0.4, -0.2) is 28.8 Å². The lowest BCUT2D eigenvalue weighted by atomic mass is 10.2. The van der Waals surface area contributed by atoms with E-state index >= 15 is 0 Å². The molecule has 0 radical (unpaired) electrons. The molecule has 1 atom stereocenters. The Morgan fingerprint density at radius 3 is 2.56 bits per heavy atom. The fourth-order valence-corrected chi connectivity index (χ4v) is 0.400. The summed E-state index contributed by atoms with van der Waals surface area (Å²) in [6, 6.07) is -0.388. The standard InChI is InChI=1S/C5H11NO3/c6-4(3-7)1-2-5(8)9/h4,7H,1-3,6H2,(H,8,9)/t4-/m1/s1. The van der Waals surface area contributed by atoms with Crippen LogP contribution in [0.1, 0.15) is 12.8 Å². The van der Waals surface area contributed by atoms with Gasteiger partial charge < -0.3 is 15.9 Å². The molecule has 0 aliphatic carbocycles. The van der Waals surface area contributed by atoms with Gasteiger partial charge in [-0.15, -0.1) is 0 Å². The number of aliphatic hydroxyl groups is 1. The van der Waals surface area contributed by atoms with E-state index in [-0.39, 0.29) is 19.1 Å². The Morgan fingerprint density at radius 2 is 2.22 bits per heavy atom. The summed E-state index contributed by atoms with van der Waals surface area (Å²) in [5.74, 6) is -0.876. The molecule has 4 heteroatoms. The molecule has 0 aliphatic heterocycles. The van der Waals surface area contributed by atoms with Crippen molar-refractivity contribution in [3.8, 4) is 0 Å². The summed E-state index contributed by atoms with van der Waals surface area (Å²) >= 11 is 0. The second kappa shape index (κ2) is 4.29. The minimum Gasteiger partial charge on any atom is -0.481 e. The summed E-state index contributed by atoms with van der Waals surface area (Å²) in [6.45, 7) is -0.146. The Labute approximate surface area is 53.3 Å². The van der Waals surface area contributed by atoms with E-state index in [1.54, 1.807) is 0 Å². The molecule has 0 spiro atoms. The normalized spacial score (nSPS) is 13.1. The maximum Gasteiger partial charge on any atom is 0.303 e. The summed E-state index contributed by atoms with van der Waals surface area (Å²) in [6.07, 6.45) is 0.369.